The number of para-hydroxylation sites is 2. The first-order chi connectivity index (χ1) is 12.1. The van der Waals surface area contributed by atoms with Crippen LogP contribution in [0, 0.1) is 0 Å². The molecule has 0 fully saturated rings. The van der Waals surface area contributed by atoms with E-state index in [0.29, 0.717) is 22.3 Å². The maximum Gasteiger partial charge on any atom is 0.257 e. The monoisotopic (exact) mass is 377 g/mol. The molecule has 25 heavy (non-hydrogen) atoms. The molecule has 0 spiro atoms. The molecule has 0 saturated heterocycles. The third kappa shape index (κ3) is 4.65. The molecule has 0 bridgehead atoms. The van der Waals surface area contributed by atoms with E-state index >= 15 is 0 Å². The molecule has 1 N–H and O–H groups in total. The van der Waals surface area contributed by atoms with Crippen LogP contribution in [-0.4, -0.2) is 28.6 Å². The fourth-order valence-electron chi connectivity index (χ4n) is 2.45. The number of carbonyl (C=O) groups excluding carboxylic acids is 1. The fourth-order valence-corrected chi connectivity index (χ4v) is 2.92. The molecule has 3 rings (SSSR count). The van der Waals surface area contributed by atoms with Gasteiger partial charge in [-0.15, -0.1) is 0 Å². The fraction of sp³-hybridized carbons (Fsp3) is 0.222. The Kier molecular flexibility index (Phi) is 5.79. The third-order valence-electron chi connectivity index (χ3n) is 3.68. The lowest BCUT2D eigenvalue weighted by Gasteiger charge is -2.09. The first kappa shape index (κ1) is 17.6. The van der Waals surface area contributed by atoms with Gasteiger partial charge in [0.25, 0.3) is 5.91 Å². The van der Waals surface area contributed by atoms with Crippen LogP contribution >= 0.6 is 23.2 Å². The Morgan fingerprint density at radius 3 is 2.88 bits per heavy atom. The van der Waals surface area contributed by atoms with E-state index in [1.165, 1.54) is 0 Å². The van der Waals surface area contributed by atoms with Crippen molar-refractivity contribution in [1.29, 1.82) is 0 Å². The van der Waals surface area contributed by atoms with Gasteiger partial charge in [0.05, 0.1) is 22.4 Å². The van der Waals surface area contributed by atoms with Crippen LogP contribution in [-0.2, 0) is 11.3 Å². The number of aromatic nitrogens is 2. The molecule has 5 nitrogen and oxygen atoms in total. The molecule has 0 radical (unpaired) electrons. The van der Waals surface area contributed by atoms with Gasteiger partial charge in [-0.2, -0.15) is 0 Å². The molecule has 0 saturated carbocycles. The topological polar surface area (TPSA) is 56.1 Å². The molecule has 0 aliphatic rings. The average molecular weight is 378 g/mol. The lowest BCUT2D eigenvalue weighted by molar-refractivity contribution is -0.123. The maximum absolute atomic E-state index is 11.8. The van der Waals surface area contributed by atoms with Gasteiger partial charge >= 0.3 is 0 Å². The number of amides is 1. The zero-order valence-corrected chi connectivity index (χ0v) is 14.9. The summed E-state index contributed by atoms with van der Waals surface area (Å²) in [7, 11) is 0. The summed E-state index contributed by atoms with van der Waals surface area (Å²) < 4.78 is 7.47. The van der Waals surface area contributed by atoms with E-state index < -0.39 is 0 Å². The Balaban J connectivity index is 1.40. The van der Waals surface area contributed by atoms with Gasteiger partial charge in [0.15, 0.2) is 6.61 Å². The van der Waals surface area contributed by atoms with Gasteiger partial charge in [-0.3, -0.25) is 4.79 Å². The van der Waals surface area contributed by atoms with Crippen LogP contribution in [0.4, 0.5) is 0 Å². The Bertz CT molecular complexity index is 880. The highest BCUT2D eigenvalue weighted by Crippen LogP contribution is 2.27. The van der Waals surface area contributed by atoms with Gasteiger partial charge in [-0.25, -0.2) is 4.98 Å². The van der Waals surface area contributed by atoms with Crippen molar-refractivity contribution >= 4 is 40.1 Å². The standard InChI is InChI=1S/C18H17Cl2N3O2/c19-13-6-7-17(14(20)10-13)25-11-18(24)21-8-3-9-23-12-22-15-4-1-2-5-16(15)23/h1-2,4-7,10,12H,3,8-9,11H2,(H,21,24). The van der Waals surface area contributed by atoms with E-state index in [-0.39, 0.29) is 12.5 Å². The van der Waals surface area contributed by atoms with Crippen molar-refractivity contribution in [1.82, 2.24) is 14.9 Å². The molecule has 3 aromatic rings. The molecule has 2 aromatic carbocycles. The number of benzene rings is 2. The van der Waals surface area contributed by atoms with Crippen LogP contribution < -0.4 is 10.1 Å². The molecule has 130 valence electrons. The predicted molar refractivity (Wildman–Crippen MR) is 99.3 cm³/mol. The lowest BCUT2D eigenvalue weighted by Crippen LogP contribution is -2.30. The van der Waals surface area contributed by atoms with Crippen molar-refractivity contribution < 1.29 is 9.53 Å². The first-order valence-electron chi connectivity index (χ1n) is 7.88. The normalized spacial score (nSPS) is 10.8. The van der Waals surface area contributed by atoms with Crippen LogP contribution in [0.15, 0.2) is 48.8 Å². The van der Waals surface area contributed by atoms with Crippen molar-refractivity contribution in [2.75, 3.05) is 13.2 Å². The molecular formula is C18H17Cl2N3O2. The van der Waals surface area contributed by atoms with Crippen molar-refractivity contribution in [2.24, 2.45) is 0 Å². The summed E-state index contributed by atoms with van der Waals surface area (Å²) in [5, 5.41) is 3.73. The van der Waals surface area contributed by atoms with Crippen molar-refractivity contribution in [2.45, 2.75) is 13.0 Å². The number of imidazole rings is 1. The van der Waals surface area contributed by atoms with E-state index in [1.54, 1.807) is 18.2 Å². The second-order valence-corrected chi connectivity index (χ2v) is 6.34. The van der Waals surface area contributed by atoms with Crippen LogP contribution in [0.2, 0.25) is 10.0 Å². The van der Waals surface area contributed by atoms with Crippen LogP contribution in [0.1, 0.15) is 6.42 Å². The van der Waals surface area contributed by atoms with Crippen LogP contribution in [0.25, 0.3) is 11.0 Å². The van der Waals surface area contributed by atoms with Gasteiger partial charge in [0.2, 0.25) is 0 Å². The van der Waals surface area contributed by atoms with Crippen molar-refractivity contribution in [3.8, 4) is 5.75 Å². The molecule has 0 aliphatic heterocycles. The lowest BCUT2D eigenvalue weighted by atomic mass is 10.3. The number of carbonyl (C=O) groups is 1. The van der Waals surface area contributed by atoms with Gasteiger partial charge in [0.1, 0.15) is 5.75 Å². The Morgan fingerprint density at radius 1 is 1.20 bits per heavy atom. The zero-order chi connectivity index (χ0) is 17.6. The highest BCUT2D eigenvalue weighted by Gasteiger charge is 2.06. The van der Waals surface area contributed by atoms with E-state index in [2.05, 4.69) is 14.9 Å². The Morgan fingerprint density at radius 2 is 2.04 bits per heavy atom. The number of rotatable bonds is 7. The highest BCUT2D eigenvalue weighted by molar-refractivity contribution is 6.35. The minimum Gasteiger partial charge on any atom is -0.482 e. The van der Waals surface area contributed by atoms with Crippen LogP contribution in [0.5, 0.6) is 5.75 Å². The van der Waals surface area contributed by atoms with Gasteiger partial charge < -0.3 is 14.6 Å². The SMILES string of the molecule is O=C(COc1ccc(Cl)cc1Cl)NCCCn1cnc2ccccc21. The summed E-state index contributed by atoms with van der Waals surface area (Å²) in [6, 6.07) is 12.8. The van der Waals surface area contributed by atoms with E-state index in [0.717, 1.165) is 24.0 Å². The Labute approximate surface area is 155 Å². The number of fused-ring (bicyclic) bond motifs is 1. The quantitative estimate of drug-likeness (QED) is 0.634. The van der Waals surface area contributed by atoms with Gasteiger partial charge in [0, 0.05) is 18.1 Å². The molecule has 0 aliphatic carbocycles. The van der Waals surface area contributed by atoms with Crippen LogP contribution in [0.3, 0.4) is 0 Å². The van der Waals surface area contributed by atoms with E-state index in [9.17, 15) is 4.79 Å². The number of aryl methyl sites for hydroxylation is 1. The first-order valence-corrected chi connectivity index (χ1v) is 8.63. The van der Waals surface area contributed by atoms with Gasteiger partial charge in [-0.1, -0.05) is 35.3 Å². The molecule has 0 atom stereocenters. The molecule has 7 heteroatoms. The second kappa shape index (κ2) is 8.23. The summed E-state index contributed by atoms with van der Waals surface area (Å²) in [5.41, 5.74) is 2.06. The number of halogens is 2. The summed E-state index contributed by atoms with van der Waals surface area (Å²) >= 11 is 11.8. The number of nitrogens with zero attached hydrogens (tertiary/aromatic N) is 2. The van der Waals surface area contributed by atoms with Crippen molar-refractivity contribution in [3.05, 3.63) is 58.8 Å². The summed E-state index contributed by atoms with van der Waals surface area (Å²) in [6.45, 7) is 1.25. The second-order valence-electron chi connectivity index (χ2n) is 5.49. The minimum atomic E-state index is -0.193. The third-order valence-corrected chi connectivity index (χ3v) is 4.21. The molecule has 1 aromatic heterocycles. The molecule has 0 unspecified atom stereocenters. The summed E-state index contributed by atoms with van der Waals surface area (Å²) in [5.74, 6) is 0.243. The number of hydrogen-bond acceptors (Lipinski definition) is 3. The highest BCUT2D eigenvalue weighted by atomic mass is 35.5. The maximum atomic E-state index is 11.8. The Hall–Kier alpha value is -2.24. The smallest absolute Gasteiger partial charge is 0.257 e. The molecule has 1 amide bonds. The summed E-state index contributed by atoms with van der Waals surface area (Å²) in [6.07, 6.45) is 2.62. The minimum absolute atomic E-state index is 0.0879. The largest absolute Gasteiger partial charge is 0.482 e. The van der Waals surface area contributed by atoms with Gasteiger partial charge in [-0.05, 0) is 36.8 Å². The average Bonchev–Trinajstić information content (AvgIpc) is 3.01. The van der Waals surface area contributed by atoms with Crippen molar-refractivity contribution in [3.63, 3.8) is 0 Å². The number of hydrogen-bond donors (Lipinski definition) is 1. The van der Waals surface area contributed by atoms with E-state index in [4.69, 9.17) is 27.9 Å². The predicted octanol–water partition coefficient (Wildman–Crippen LogP) is 3.93. The zero-order valence-electron chi connectivity index (χ0n) is 13.4. The summed E-state index contributed by atoms with van der Waals surface area (Å²) in [4.78, 5) is 16.2. The number of ether oxygens (including phenoxy) is 1. The van der Waals surface area contributed by atoms with E-state index in [1.807, 2.05) is 30.6 Å². The number of nitrogens with one attached hydrogen (secondary N) is 1. The molecular weight excluding hydrogens is 361 g/mol. The molecule has 1 heterocycles.